The van der Waals surface area contributed by atoms with Crippen LogP contribution in [0.5, 0.6) is 5.75 Å². The summed E-state index contributed by atoms with van der Waals surface area (Å²) in [6, 6.07) is 12.8. The molecule has 0 spiro atoms. The van der Waals surface area contributed by atoms with E-state index in [-0.39, 0.29) is 17.2 Å². The van der Waals surface area contributed by atoms with Gasteiger partial charge in [0.05, 0.1) is 9.83 Å². The van der Waals surface area contributed by atoms with E-state index in [0.717, 1.165) is 0 Å². The quantitative estimate of drug-likeness (QED) is 0.415. The van der Waals surface area contributed by atoms with Gasteiger partial charge in [-0.3, -0.25) is 29.4 Å². The number of carboxylic acids is 1. The van der Waals surface area contributed by atoms with Gasteiger partial charge in [0.1, 0.15) is 18.9 Å². The molecule has 0 atom stereocenters. The SMILES string of the molecule is O=C(O)CN1C(=O)S/C(=C/c2ccccc2OCc2cccc([N+](=O)[O-])c2)C1=O. The summed E-state index contributed by atoms with van der Waals surface area (Å²) in [5, 5.41) is 19.1. The Hall–Kier alpha value is -3.66. The van der Waals surface area contributed by atoms with Crippen molar-refractivity contribution in [2.24, 2.45) is 0 Å². The number of carboxylic acid groups (broad SMARTS) is 1. The lowest BCUT2D eigenvalue weighted by Crippen LogP contribution is -2.33. The minimum Gasteiger partial charge on any atom is -0.488 e. The molecule has 2 aromatic rings. The molecule has 3 rings (SSSR count). The van der Waals surface area contributed by atoms with Crippen LogP contribution in [0.3, 0.4) is 0 Å². The van der Waals surface area contributed by atoms with Gasteiger partial charge in [-0.25, -0.2) is 0 Å². The van der Waals surface area contributed by atoms with Crippen molar-refractivity contribution < 1.29 is 29.2 Å². The van der Waals surface area contributed by atoms with Crippen LogP contribution in [0.25, 0.3) is 6.08 Å². The predicted octanol–water partition coefficient (Wildman–Crippen LogP) is 3.29. The number of para-hydroxylation sites is 1. The molecule has 10 heteroatoms. The number of amides is 2. The molecule has 0 saturated carbocycles. The van der Waals surface area contributed by atoms with Gasteiger partial charge in [0.25, 0.3) is 16.8 Å². The Morgan fingerprint density at radius 1 is 1.21 bits per heavy atom. The molecule has 1 N–H and O–H groups in total. The second-order valence-corrected chi connectivity index (χ2v) is 6.91. The number of hydrogen-bond donors (Lipinski definition) is 1. The van der Waals surface area contributed by atoms with Crippen LogP contribution < -0.4 is 4.74 Å². The van der Waals surface area contributed by atoms with Gasteiger partial charge in [-0.1, -0.05) is 30.3 Å². The number of ether oxygens (including phenoxy) is 1. The summed E-state index contributed by atoms with van der Waals surface area (Å²) in [4.78, 5) is 46.1. The molecule has 1 aliphatic heterocycles. The maximum absolute atomic E-state index is 12.3. The van der Waals surface area contributed by atoms with Crippen molar-refractivity contribution in [3.8, 4) is 5.75 Å². The number of nitro groups is 1. The summed E-state index contributed by atoms with van der Waals surface area (Å²) < 4.78 is 5.74. The van der Waals surface area contributed by atoms with Crippen LogP contribution in [0, 0.1) is 10.1 Å². The van der Waals surface area contributed by atoms with Gasteiger partial charge in [-0.2, -0.15) is 0 Å². The van der Waals surface area contributed by atoms with Crippen LogP contribution in [0.15, 0.2) is 53.4 Å². The lowest BCUT2D eigenvalue weighted by Gasteiger charge is -2.10. The smallest absolute Gasteiger partial charge is 0.323 e. The van der Waals surface area contributed by atoms with E-state index in [4.69, 9.17) is 9.84 Å². The fourth-order valence-corrected chi connectivity index (χ4v) is 3.39. The van der Waals surface area contributed by atoms with Crippen molar-refractivity contribution >= 4 is 40.6 Å². The first-order valence-corrected chi connectivity index (χ1v) is 9.09. The van der Waals surface area contributed by atoms with Crippen molar-refractivity contribution in [2.45, 2.75) is 6.61 Å². The van der Waals surface area contributed by atoms with E-state index < -0.39 is 28.6 Å². The topological polar surface area (TPSA) is 127 Å². The highest BCUT2D eigenvalue weighted by Crippen LogP contribution is 2.34. The van der Waals surface area contributed by atoms with Gasteiger partial charge in [0, 0.05) is 17.7 Å². The number of nitrogens with zero attached hydrogens (tertiary/aromatic N) is 2. The molecule has 0 radical (unpaired) electrons. The van der Waals surface area contributed by atoms with Gasteiger partial charge in [0.15, 0.2) is 0 Å². The summed E-state index contributed by atoms with van der Waals surface area (Å²) in [5.74, 6) is -1.56. The number of non-ortho nitro benzene ring substituents is 1. The van der Waals surface area contributed by atoms with E-state index in [9.17, 15) is 24.5 Å². The Labute approximate surface area is 168 Å². The number of carbonyl (C=O) groups is 3. The van der Waals surface area contributed by atoms with E-state index in [0.29, 0.717) is 33.5 Å². The monoisotopic (exact) mass is 414 g/mol. The fourth-order valence-electron chi connectivity index (χ4n) is 2.56. The third kappa shape index (κ3) is 4.79. The highest BCUT2D eigenvalue weighted by molar-refractivity contribution is 8.18. The summed E-state index contributed by atoms with van der Waals surface area (Å²) in [6.07, 6.45) is 1.45. The number of rotatable bonds is 7. The minimum atomic E-state index is -1.28. The molecular weight excluding hydrogens is 400 g/mol. The molecule has 2 amide bonds. The second kappa shape index (κ2) is 8.57. The summed E-state index contributed by atoms with van der Waals surface area (Å²) in [5.41, 5.74) is 1.06. The number of hydrogen-bond acceptors (Lipinski definition) is 7. The number of imide groups is 1. The first-order chi connectivity index (χ1) is 13.8. The normalized spacial score (nSPS) is 15.0. The van der Waals surface area contributed by atoms with Crippen LogP contribution in [0.1, 0.15) is 11.1 Å². The molecule has 1 aliphatic rings. The van der Waals surface area contributed by atoms with Gasteiger partial charge in [-0.05, 0) is 29.5 Å². The highest BCUT2D eigenvalue weighted by atomic mass is 32.2. The first-order valence-electron chi connectivity index (χ1n) is 8.27. The molecule has 1 saturated heterocycles. The molecule has 148 valence electrons. The third-order valence-corrected chi connectivity index (χ3v) is 4.80. The minimum absolute atomic E-state index is 0.0495. The van der Waals surface area contributed by atoms with E-state index in [2.05, 4.69) is 0 Å². The maximum Gasteiger partial charge on any atom is 0.323 e. The number of aliphatic carboxylic acids is 1. The van der Waals surface area contributed by atoms with Crippen LogP contribution >= 0.6 is 11.8 Å². The molecular formula is C19H14N2O7S. The number of thioether (sulfide) groups is 1. The lowest BCUT2D eigenvalue weighted by molar-refractivity contribution is -0.384. The Morgan fingerprint density at radius 2 is 1.97 bits per heavy atom. The molecule has 0 aliphatic carbocycles. The van der Waals surface area contributed by atoms with E-state index in [1.54, 1.807) is 36.4 Å². The number of carbonyl (C=O) groups excluding carboxylic acids is 2. The van der Waals surface area contributed by atoms with Crippen LogP contribution in [0.2, 0.25) is 0 Å². The standard InChI is InChI=1S/C19H14N2O7S/c22-17(23)10-20-18(24)16(29-19(20)25)9-13-5-1-2-7-15(13)28-11-12-4-3-6-14(8-12)21(26)27/h1-9H,10-11H2,(H,22,23)/b16-9+. The fraction of sp³-hybridized carbons (Fsp3) is 0.105. The molecule has 29 heavy (non-hydrogen) atoms. The van der Waals surface area contributed by atoms with Gasteiger partial charge in [-0.15, -0.1) is 0 Å². The van der Waals surface area contributed by atoms with E-state index >= 15 is 0 Å². The van der Waals surface area contributed by atoms with Crippen molar-refractivity contribution in [3.63, 3.8) is 0 Å². The van der Waals surface area contributed by atoms with E-state index in [1.807, 2.05) is 0 Å². The third-order valence-electron chi connectivity index (χ3n) is 3.89. The van der Waals surface area contributed by atoms with Crippen LogP contribution in [-0.2, 0) is 16.2 Å². The van der Waals surface area contributed by atoms with Crippen molar-refractivity contribution in [2.75, 3.05) is 6.54 Å². The van der Waals surface area contributed by atoms with Crippen LogP contribution in [0.4, 0.5) is 10.5 Å². The Kier molecular flexibility index (Phi) is 5.93. The molecule has 9 nitrogen and oxygen atoms in total. The molecule has 1 heterocycles. The molecule has 0 bridgehead atoms. The Balaban J connectivity index is 1.79. The second-order valence-electron chi connectivity index (χ2n) is 5.92. The summed E-state index contributed by atoms with van der Waals surface area (Å²) in [7, 11) is 0. The molecule has 0 unspecified atom stereocenters. The van der Waals surface area contributed by atoms with Crippen molar-refractivity contribution in [1.29, 1.82) is 0 Å². The van der Waals surface area contributed by atoms with Crippen LogP contribution in [-0.4, -0.2) is 38.6 Å². The zero-order valence-corrected chi connectivity index (χ0v) is 15.6. The largest absolute Gasteiger partial charge is 0.488 e. The Bertz CT molecular complexity index is 1030. The summed E-state index contributed by atoms with van der Waals surface area (Å²) in [6.45, 7) is -0.639. The molecule has 1 fully saturated rings. The van der Waals surface area contributed by atoms with Gasteiger partial charge >= 0.3 is 5.97 Å². The van der Waals surface area contributed by atoms with Crippen molar-refractivity contribution in [1.82, 2.24) is 4.90 Å². The molecule has 2 aromatic carbocycles. The van der Waals surface area contributed by atoms with Gasteiger partial charge < -0.3 is 9.84 Å². The zero-order chi connectivity index (χ0) is 21.0. The average molecular weight is 414 g/mol. The van der Waals surface area contributed by atoms with Crippen molar-refractivity contribution in [3.05, 3.63) is 74.7 Å². The average Bonchev–Trinajstić information content (AvgIpc) is 2.94. The van der Waals surface area contributed by atoms with Gasteiger partial charge in [0.2, 0.25) is 0 Å². The Morgan fingerprint density at radius 3 is 2.69 bits per heavy atom. The van der Waals surface area contributed by atoms with E-state index in [1.165, 1.54) is 18.2 Å². The zero-order valence-electron chi connectivity index (χ0n) is 14.8. The lowest BCUT2D eigenvalue weighted by atomic mass is 10.1. The maximum atomic E-state index is 12.3. The number of nitro benzene ring substituents is 1. The first kappa shape index (κ1) is 20.1. The highest BCUT2D eigenvalue weighted by Gasteiger charge is 2.36. The number of benzene rings is 2. The predicted molar refractivity (Wildman–Crippen MR) is 104 cm³/mol. The summed E-state index contributed by atoms with van der Waals surface area (Å²) >= 11 is 0.652. The molecule has 0 aromatic heterocycles.